The normalized spacial score (nSPS) is 10.3. The average molecular weight is 262 g/mol. The third-order valence-electron chi connectivity index (χ3n) is 2.75. The first-order chi connectivity index (χ1) is 9.06. The number of halogens is 1. The molecule has 0 radical (unpaired) electrons. The van der Waals surface area contributed by atoms with Crippen LogP contribution in [0, 0.1) is 12.7 Å². The SMILES string of the molecule is Cc1cc(NC(=O)NCc2ccccc2F)nn1C. The quantitative estimate of drug-likeness (QED) is 0.890. The fourth-order valence-corrected chi connectivity index (χ4v) is 1.60. The average Bonchev–Trinajstić information content (AvgIpc) is 2.67. The van der Waals surface area contributed by atoms with Gasteiger partial charge < -0.3 is 5.32 Å². The summed E-state index contributed by atoms with van der Waals surface area (Å²) < 4.78 is 15.0. The number of urea groups is 1. The Morgan fingerprint density at radius 1 is 1.42 bits per heavy atom. The monoisotopic (exact) mass is 262 g/mol. The van der Waals surface area contributed by atoms with Gasteiger partial charge in [-0.05, 0) is 13.0 Å². The molecule has 1 heterocycles. The minimum atomic E-state index is -0.415. The van der Waals surface area contributed by atoms with Gasteiger partial charge in [-0.1, -0.05) is 18.2 Å². The van der Waals surface area contributed by atoms with Crippen molar-refractivity contribution >= 4 is 11.8 Å². The van der Waals surface area contributed by atoms with Crippen LogP contribution in [0.15, 0.2) is 30.3 Å². The second-order valence-corrected chi connectivity index (χ2v) is 4.19. The molecule has 1 aromatic carbocycles. The first kappa shape index (κ1) is 13.1. The second kappa shape index (κ2) is 5.51. The second-order valence-electron chi connectivity index (χ2n) is 4.19. The maximum absolute atomic E-state index is 13.3. The molecule has 0 saturated heterocycles. The van der Waals surface area contributed by atoms with E-state index in [-0.39, 0.29) is 12.4 Å². The molecule has 0 bridgehead atoms. The predicted octanol–water partition coefficient (Wildman–Crippen LogP) is 2.19. The van der Waals surface area contributed by atoms with E-state index in [1.54, 1.807) is 36.0 Å². The molecular formula is C13H15FN4O. The van der Waals surface area contributed by atoms with Crippen molar-refractivity contribution in [1.82, 2.24) is 15.1 Å². The van der Waals surface area contributed by atoms with Gasteiger partial charge in [0.2, 0.25) is 0 Å². The lowest BCUT2D eigenvalue weighted by atomic mass is 10.2. The first-order valence-electron chi connectivity index (χ1n) is 5.85. The molecule has 0 aliphatic heterocycles. The molecule has 19 heavy (non-hydrogen) atoms. The third kappa shape index (κ3) is 3.31. The molecular weight excluding hydrogens is 247 g/mol. The van der Waals surface area contributed by atoms with Crippen molar-refractivity contribution in [3.05, 3.63) is 47.4 Å². The van der Waals surface area contributed by atoms with Crippen LogP contribution in [-0.2, 0) is 13.6 Å². The van der Waals surface area contributed by atoms with Crippen molar-refractivity contribution in [2.75, 3.05) is 5.32 Å². The number of hydrogen-bond acceptors (Lipinski definition) is 2. The molecule has 0 aliphatic rings. The Morgan fingerprint density at radius 3 is 2.79 bits per heavy atom. The summed E-state index contributed by atoms with van der Waals surface area (Å²) in [7, 11) is 1.79. The maximum Gasteiger partial charge on any atom is 0.320 e. The predicted molar refractivity (Wildman–Crippen MR) is 70.2 cm³/mol. The van der Waals surface area contributed by atoms with Gasteiger partial charge in [0.05, 0.1) is 0 Å². The van der Waals surface area contributed by atoms with Crippen molar-refractivity contribution in [2.24, 2.45) is 7.05 Å². The number of carbonyl (C=O) groups is 1. The summed E-state index contributed by atoms with van der Waals surface area (Å²) in [4.78, 5) is 11.6. The summed E-state index contributed by atoms with van der Waals surface area (Å²) in [6.07, 6.45) is 0. The number of carbonyl (C=O) groups excluding carboxylic acids is 1. The third-order valence-corrected chi connectivity index (χ3v) is 2.75. The van der Waals surface area contributed by atoms with Gasteiger partial charge in [0.15, 0.2) is 5.82 Å². The topological polar surface area (TPSA) is 59.0 Å². The highest BCUT2D eigenvalue weighted by Crippen LogP contribution is 2.07. The fraction of sp³-hybridized carbons (Fsp3) is 0.231. The number of nitrogens with one attached hydrogen (secondary N) is 2. The number of aryl methyl sites for hydroxylation is 2. The lowest BCUT2D eigenvalue weighted by Gasteiger charge is -2.06. The Morgan fingerprint density at radius 2 is 2.16 bits per heavy atom. The van der Waals surface area contributed by atoms with Crippen LogP contribution < -0.4 is 10.6 Å². The van der Waals surface area contributed by atoms with Crippen molar-refractivity contribution < 1.29 is 9.18 Å². The van der Waals surface area contributed by atoms with Crippen molar-refractivity contribution in [3.8, 4) is 0 Å². The molecule has 1 aromatic heterocycles. The van der Waals surface area contributed by atoms with Crippen LogP contribution >= 0.6 is 0 Å². The van der Waals surface area contributed by atoms with E-state index in [1.165, 1.54) is 6.07 Å². The van der Waals surface area contributed by atoms with Crippen LogP contribution in [-0.4, -0.2) is 15.8 Å². The summed E-state index contributed by atoms with van der Waals surface area (Å²) in [5.74, 6) is 0.127. The Bertz CT molecular complexity index is 575. The van der Waals surface area contributed by atoms with Gasteiger partial charge in [0.1, 0.15) is 5.82 Å². The minimum absolute atomic E-state index is 0.129. The Labute approximate surface area is 110 Å². The van der Waals surface area contributed by atoms with Crippen LogP contribution in [0.5, 0.6) is 0 Å². The number of aromatic nitrogens is 2. The molecule has 100 valence electrons. The smallest absolute Gasteiger partial charge is 0.320 e. The fourth-order valence-electron chi connectivity index (χ4n) is 1.60. The Kier molecular flexibility index (Phi) is 3.79. The van der Waals surface area contributed by atoms with Crippen LogP contribution in [0.25, 0.3) is 0 Å². The molecule has 6 heteroatoms. The Hall–Kier alpha value is -2.37. The zero-order chi connectivity index (χ0) is 13.8. The first-order valence-corrected chi connectivity index (χ1v) is 5.85. The van der Waals surface area contributed by atoms with E-state index in [0.717, 1.165) is 5.69 Å². The molecule has 0 unspecified atom stereocenters. The van der Waals surface area contributed by atoms with Gasteiger partial charge in [-0.25, -0.2) is 9.18 Å². The van der Waals surface area contributed by atoms with Gasteiger partial charge >= 0.3 is 6.03 Å². The van der Waals surface area contributed by atoms with Gasteiger partial charge in [-0.15, -0.1) is 0 Å². The van der Waals surface area contributed by atoms with Crippen LogP contribution in [0.1, 0.15) is 11.3 Å². The highest BCUT2D eigenvalue weighted by Gasteiger charge is 2.07. The van der Waals surface area contributed by atoms with E-state index >= 15 is 0 Å². The van der Waals surface area contributed by atoms with E-state index in [2.05, 4.69) is 15.7 Å². The molecule has 2 aromatic rings. The van der Waals surface area contributed by atoms with Crippen LogP contribution in [0.3, 0.4) is 0 Å². The van der Waals surface area contributed by atoms with Crippen LogP contribution in [0.4, 0.5) is 15.0 Å². The zero-order valence-electron chi connectivity index (χ0n) is 10.8. The minimum Gasteiger partial charge on any atom is -0.334 e. The number of nitrogens with zero attached hydrogens (tertiary/aromatic N) is 2. The summed E-state index contributed by atoms with van der Waals surface area (Å²) in [6.45, 7) is 2.01. The maximum atomic E-state index is 13.3. The zero-order valence-corrected chi connectivity index (χ0v) is 10.8. The molecule has 0 aliphatic carbocycles. The molecule has 2 rings (SSSR count). The molecule has 0 fully saturated rings. The Balaban J connectivity index is 1.90. The summed E-state index contributed by atoms with van der Waals surface area (Å²) in [5.41, 5.74) is 1.37. The lowest BCUT2D eigenvalue weighted by molar-refractivity contribution is 0.251. The summed E-state index contributed by atoms with van der Waals surface area (Å²) in [6, 6.07) is 7.65. The molecule has 2 N–H and O–H groups in total. The van der Waals surface area contributed by atoms with Gasteiger partial charge in [0, 0.05) is 30.9 Å². The van der Waals surface area contributed by atoms with Gasteiger partial charge in [-0.2, -0.15) is 5.10 Å². The van der Waals surface area contributed by atoms with Crippen molar-refractivity contribution in [3.63, 3.8) is 0 Å². The highest BCUT2D eigenvalue weighted by atomic mass is 19.1. The highest BCUT2D eigenvalue weighted by molar-refractivity contribution is 5.88. The van der Waals surface area contributed by atoms with Gasteiger partial charge in [-0.3, -0.25) is 10.00 Å². The van der Waals surface area contributed by atoms with E-state index < -0.39 is 6.03 Å². The molecule has 2 amide bonds. The number of rotatable bonds is 3. The number of benzene rings is 1. The standard InChI is InChI=1S/C13H15FN4O/c1-9-7-12(17-18(9)2)16-13(19)15-8-10-5-3-4-6-11(10)14/h3-7H,8H2,1-2H3,(H2,15,16,17,19). The van der Waals surface area contributed by atoms with Crippen LogP contribution in [0.2, 0.25) is 0 Å². The summed E-state index contributed by atoms with van der Waals surface area (Å²) >= 11 is 0. The molecule has 5 nitrogen and oxygen atoms in total. The summed E-state index contributed by atoms with van der Waals surface area (Å²) in [5, 5.41) is 9.26. The lowest BCUT2D eigenvalue weighted by Crippen LogP contribution is -2.28. The van der Waals surface area contributed by atoms with E-state index in [4.69, 9.17) is 0 Å². The van der Waals surface area contributed by atoms with Gasteiger partial charge in [0.25, 0.3) is 0 Å². The van der Waals surface area contributed by atoms with E-state index in [0.29, 0.717) is 11.4 Å². The number of hydrogen-bond donors (Lipinski definition) is 2. The molecule has 0 saturated carbocycles. The van der Waals surface area contributed by atoms with E-state index in [9.17, 15) is 9.18 Å². The number of amides is 2. The van der Waals surface area contributed by atoms with Crippen molar-refractivity contribution in [1.29, 1.82) is 0 Å². The number of anilines is 1. The largest absolute Gasteiger partial charge is 0.334 e. The molecule has 0 spiro atoms. The van der Waals surface area contributed by atoms with E-state index in [1.807, 2.05) is 6.92 Å². The van der Waals surface area contributed by atoms with Crippen molar-refractivity contribution in [2.45, 2.75) is 13.5 Å². The molecule has 0 atom stereocenters.